The molecule has 1 fully saturated rings. The van der Waals surface area contributed by atoms with Gasteiger partial charge >= 0.3 is 5.97 Å². The van der Waals surface area contributed by atoms with Crippen molar-refractivity contribution >= 4 is 57.5 Å². The monoisotopic (exact) mass is 585 g/mol. The van der Waals surface area contributed by atoms with E-state index in [-0.39, 0.29) is 23.9 Å². The van der Waals surface area contributed by atoms with Crippen molar-refractivity contribution in [2.45, 2.75) is 20.5 Å². The van der Waals surface area contributed by atoms with Crippen LogP contribution in [0.15, 0.2) is 41.3 Å². The molecule has 0 bridgehead atoms. The van der Waals surface area contributed by atoms with E-state index < -0.39 is 23.7 Å². The van der Waals surface area contributed by atoms with Crippen molar-refractivity contribution < 1.29 is 33.0 Å². The Labute approximate surface area is 208 Å². The van der Waals surface area contributed by atoms with E-state index in [1.54, 1.807) is 37.3 Å². The lowest BCUT2D eigenvalue weighted by molar-refractivity contribution is -0.145. The van der Waals surface area contributed by atoms with Gasteiger partial charge in [0.1, 0.15) is 19.0 Å². The zero-order valence-corrected chi connectivity index (χ0v) is 20.9. The fourth-order valence-electron chi connectivity index (χ4n) is 2.93. The van der Waals surface area contributed by atoms with Crippen LogP contribution in [0.3, 0.4) is 0 Å². The van der Waals surface area contributed by atoms with Gasteiger partial charge in [0.05, 0.1) is 21.7 Å². The van der Waals surface area contributed by atoms with Crippen LogP contribution in [0.2, 0.25) is 0 Å². The third-order valence-electron chi connectivity index (χ3n) is 4.39. The van der Waals surface area contributed by atoms with Crippen LogP contribution in [-0.2, 0) is 20.9 Å². The molecule has 10 heteroatoms. The second kappa shape index (κ2) is 11.5. The molecule has 2 aromatic carbocycles. The van der Waals surface area contributed by atoms with Crippen LogP contribution in [0, 0.1) is 9.39 Å². The number of amides is 2. The predicted molar refractivity (Wildman–Crippen MR) is 130 cm³/mol. The number of benzene rings is 2. The van der Waals surface area contributed by atoms with Crippen LogP contribution >= 0.6 is 34.4 Å². The topological polar surface area (TPSA) is 82.1 Å². The number of carbonyl (C=O) groups excluding carboxylic acids is 3. The Bertz CT molecular complexity index is 1090. The summed E-state index contributed by atoms with van der Waals surface area (Å²) in [5.74, 6) is -0.517. The molecule has 0 unspecified atom stereocenters. The molecular weight excluding hydrogens is 564 g/mol. The van der Waals surface area contributed by atoms with E-state index in [1.807, 2.05) is 6.92 Å². The van der Waals surface area contributed by atoms with Crippen LogP contribution in [-0.4, -0.2) is 41.8 Å². The molecule has 1 heterocycles. The van der Waals surface area contributed by atoms with Gasteiger partial charge in [-0.2, -0.15) is 0 Å². The summed E-state index contributed by atoms with van der Waals surface area (Å²) in [5, 5.41) is -0.529. The number of hydrogen-bond donors (Lipinski definition) is 0. The van der Waals surface area contributed by atoms with Gasteiger partial charge in [-0.1, -0.05) is 12.1 Å². The Balaban J connectivity index is 1.81. The third-order valence-corrected chi connectivity index (χ3v) is 6.10. The van der Waals surface area contributed by atoms with Crippen LogP contribution < -0.4 is 9.47 Å². The number of nitrogens with zero attached hydrogens (tertiary/aromatic N) is 1. The predicted octanol–water partition coefficient (Wildman–Crippen LogP) is 5.01. The largest absolute Gasteiger partial charge is 0.490 e. The normalized spacial score (nSPS) is 14.7. The number of halogens is 2. The smallest absolute Gasteiger partial charge is 0.326 e. The highest BCUT2D eigenvalue weighted by Gasteiger charge is 2.36. The van der Waals surface area contributed by atoms with E-state index >= 15 is 0 Å². The van der Waals surface area contributed by atoms with E-state index in [9.17, 15) is 18.8 Å². The molecule has 174 valence electrons. The second-order valence-electron chi connectivity index (χ2n) is 6.75. The Morgan fingerprint density at radius 3 is 2.52 bits per heavy atom. The highest BCUT2D eigenvalue weighted by Crippen LogP contribution is 2.38. The van der Waals surface area contributed by atoms with Gasteiger partial charge in [-0.25, -0.2) is 4.39 Å². The average molecular weight is 585 g/mol. The van der Waals surface area contributed by atoms with Crippen molar-refractivity contribution in [1.29, 1.82) is 0 Å². The van der Waals surface area contributed by atoms with Crippen molar-refractivity contribution in [2.24, 2.45) is 0 Å². The molecule has 1 aliphatic heterocycles. The van der Waals surface area contributed by atoms with Crippen molar-refractivity contribution in [2.75, 3.05) is 19.8 Å². The van der Waals surface area contributed by atoms with Gasteiger partial charge in [-0.15, -0.1) is 0 Å². The molecule has 3 rings (SSSR count). The van der Waals surface area contributed by atoms with E-state index in [0.717, 1.165) is 25.8 Å². The third kappa shape index (κ3) is 6.47. The first-order valence-corrected chi connectivity index (χ1v) is 12.0. The van der Waals surface area contributed by atoms with E-state index in [2.05, 4.69) is 22.6 Å². The molecule has 0 aliphatic carbocycles. The zero-order valence-electron chi connectivity index (χ0n) is 17.9. The van der Waals surface area contributed by atoms with Gasteiger partial charge in [0.25, 0.3) is 11.1 Å². The van der Waals surface area contributed by atoms with E-state index in [0.29, 0.717) is 23.7 Å². The maximum Gasteiger partial charge on any atom is 0.326 e. The van der Waals surface area contributed by atoms with E-state index in [4.69, 9.17) is 14.2 Å². The number of esters is 1. The summed E-state index contributed by atoms with van der Waals surface area (Å²) in [4.78, 5) is 37.6. The Hall–Kier alpha value is -2.60. The Morgan fingerprint density at radius 2 is 1.85 bits per heavy atom. The lowest BCUT2D eigenvalue weighted by Gasteiger charge is -2.15. The lowest BCUT2D eigenvalue weighted by Crippen LogP contribution is -2.34. The maximum absolute atomic E-state index is 13.1. The molecule has 0 aromatic heterocycles. The summed E-state index contributed by atoms with van der Waals surface area (Å²) >= 11 is 2.86. The van der Waals surface area contributed by atoms with Crippen molar-refractivity contribution in [1.82, 2.24) is 4.90 Å². The molecule has 2 amide bonds. The lowest BCUT2D eigenvalue weighted by atomic mass is 10.1. The molecule has 0 saturated carbocycles. The SMILES string of the molecule is CCOC(=O)CN1C(=O)S/C(=C/c2cc(I)c(OCc3ccc(F)cc3)c(OCC)c2)C1=O. The number of ether oxygens (including phenoxy) is 3. The maximum atomic E-state index is 13.1. The quantitative estimate of drug-likeness (QED) is 0.233. The summed E-state index contributed by atoms with van der Waals surface area (Å²) in [5.41, 5.74) is 1.44. The van der Waals surface area contributed by atoms with Gasteiger partial charge in [0.15, 0.2) is 11.5 Å². The zero-order chi connectivity index (χ0) is 24.0. The fraction of sp³-hybridized carbons (Fsp3) is 0.261. The number of rotatable bonds is 9. The number of thioether (sulfide) groups is 1. The summed E-state index contributed by atoms with van der Waals surface area (Å²) in [7, 11) is 0. The molecular formula is C23H21FINO6S. The molecule has 33 heavy (non-hydrogen) atoms. The van der Waals surface area contributed by atoms with Crippen LogP contribution in [0.25, 0.3) is 6.08 Å². The summed E-state index contributed by atoms with van der Waals surface area (Å²) in [6, 6.07) is 9.52. The molecule has 0 spiro atoms. The minimum absolute atomic E-state index is 0.166. The Kier molecular flexibility index (Phi) is 8.73. The average Bonchev–Trinajstić information content (AvgIpc) is 3.02. The Morgan fingerprint density at radius 1 is 1.12 bits per heavy atom. The van der Waals surface area contributed by atoms with Gasteiger partial charge in [-0.05, 0) is 89.7 Å². The fourth-order valence-corrected chi connectivity index (χ4v) is 4.55. The molecule has 2 aromatic rings. The highest BCUT2D eigenvalue weighted by atomic mass is 127. The molecule has 1 saturated heterocycles. The molecule has 0 atom stereocenters. The first kappa shape index (κ1) is 25.0. The van der Waals surface area contributed by atoms with Gasteiger partial charge in [0, 0.05) is 0 Å². The molecule has 0 N–H and O–H groups in total. The van der Waals surface area contributed by atoms with E-state index in [1.165, 1.54) is 12.1 Å². The highest BCUT2D eigenvalue weighted by molar-refractivity contribution is 14.1. The van der Waals surface area contributed by atoms with Crippen LogP contribution in [0.4, 0.5) is 9.18 Å². The van der Waals surface area contributed by atoms with Crippen LogP contribution in [0.5, 0.6) is 11.5 Å². The van der Waals surface area contributed by atoms with Crippen LogP contribution in [0.1, 0.15) is 25.0 Å². The number of imide groups is 1. The minimum Gasteiger partial charge on any atom is -0.490 e. The first-order chi connectivity index (χ1) is 15.8. The molecule has 1 aliphatic rings. The first-order valence-electron chi connectivity index (χ1n) is 10.1. The number of hydrogen-bond acceptors (Lipinski definition) is 7. The van der Waals surface area contributed by atoms with Gasteiger partial charge in [-0.3, -0.25) is 19.3 Å². The van der Waals surface area contributed by atoms with Gasteiger partial charge < -0.3 is 14.2 Å². The van der Waals surface area contributed by atoms with Crippen molar-refractivity contribution in [3.05, 3.63) is 61.8 Å². The molecule has 0 radical (unpaired) electrons. The van der Waals surface area contributed by atoms with Crippen molar-refractivity contribution in [3.63, 3.8) is 0 Å². The standard InChI is InChI=1S/C23H21FINO6S/c1-3-30-18-10-15(9-17(25)21(18)32-13-14-5-7-16(24)8-6-14)11-19-22(28)26(23(29)33-19)12-20(27)31-4-2/h5-11H,3-4,12-13H2,1-2H3/b19-11+. The number of carbonyl (C=O) groups is 3. The van der Waals surface area contributed by atoms with Crippen molar-refractivity contribution in [3.8, 4) is 11.5 Å². The summed E-state index contributed by atoms with van der Waals surface area (Å²) < 4.78 is 30.3. The molecule has 7 nitrogen and oxygen atoms in total. The second-order valence-corrected chi connectivity index (χ2v) is 8.91. The minimum atomic E-state index is -0.642. The van der Waals surface area contributed by atoms with Gasteiger partial charge in [0.2, 0.25) is 0 Å². The summed E-state index contributed by atoms with van der Waals surface area (Å²) in [6.07, 6.45) is 1.57. The summed E-state index contributed by atoms with van der Waals surface area (Å²) in [6.45, 7) is 3.85.